The molecule has 5 nitrogen and oxygen atoms in total. The normalized spacial score (nSPS) is 19.0. The summed E-state index contributed by atoms with van der Waals surface area (Å²) in [5, 5.41) is 8.22. The molecule has 0 radical (unpaired) electrons. The molecule has 6 heteroatoms. The van der Waals surface area contributed by atoms with E-state index in [1.165, 1.54) is 23.3 Å². The number of benzene rings is 3. The molecule has 0 aliphatic carbocycles. The zero-order chi connectivity index (χ0) is 31.6. The molecule has 0 aromatic heterocycles. The summed E-state index contributed by atoms with van der Waals surface area (Å²) in [4.78, 5) is 20.6. The smallest absolute Gasteiger partial charge is 0.222 e. The molecule has 1 amide bonds. The maximum Gasteiger partial charge on any atom is 0.222 e. The molecular formula is C39H45FN4O. The van der Waals surface area contributed by atoms with Crippen LogP contribution in [0.1, 0.15) is 74.1 Å². The van der Waals surface area contributed by atoms with Crippen molar-refractivity contribution in [2.24, 2.45) is 27.1 Å². The molecule has 3 aromatic rings. The highest BCUT2D eigenvalue weighted by Crippen LogP contribution is 2.34. The Labute approximate surface area is 267 Å². The Bertz CT molecular complexity index is 1530. The zero-order valence-corrected chi connectivity index (χ0v) is 26.7. The fraction of sp³-hybridized carbons (Fsp3) is 0.385. The van der Waals surface area contributed by atoms with Crippen molar-refractivity contribution in [2.75, 3.05) is 20.1 Å². The van der Waals surface area contributed by atoms with E-state index in [0.717, 1.165) is 86.1 Å². The molecule has 2 unspecified atom stereocenters. The number of hydrogen-bond acceptors (Lipinski definition) is 4. The third-order valence-electron chi connectivity index (χ3n) is 9.30. The number of amides is 1. The van der Waals surface area contributed by atoms with Gasteiger partial charge in [-0.2, -0.15) is 10.2 Å². The minimum atomic E-state index is -0.245. The van der Waals surface area contributed by atoms with Crippen molar-refractivity contribution >= 4 is 29.0 Å². The number of carbonyl (C=O) groups is 1. The number of piperidine rings is 1. The van der Waals surface area contributed by atoms with E-state index in [-0.39, 0.29) is 23.7 Å². The highest BCUT2D eigenvalue weighted by atomic mass is 19.1. The van der Waals surface area contributed by atoms with Crippen LogP contribution in [0.5, 0.6) is 0 Å². The molecule has 1 saturated heterocycles. The van der Waals surface area contributed by atoms with Gasteiger partial charge in [0.05, 0.1) is 11.7 Å². The third-order valence-corrected chi connectivity index (χ3v) is 9.30. The maximum absolute atomic E-state index is 13.7. The number of allylic oxidation sites excluding steroid dienone is 1. The first kappa shape index (κ1) is 32.2. The van der Waals surface area contributed by atoms with Crippen LogP contribution in [0.25, 0.3) is 11.6 Å². The lowest BCUT2D eigenvalue weighted by atomic mass is 9.83. The van der Waals surface area contributed by atoms with E-state index in [4.69, 9.17) is 4.99 Å². The highest BCUT2D eigenvalue weighted by molar-refractivity contribution is 6.06. The van der Waals surface area contributed by atoms with E-state index in [9.17, 15) is 9.18 Å². The van der Waals surface area contributed by atoms with Gasteiger partial charge in [-0.25, -0.2) is 4.39 Å². The van der Waals surface area contributed by atoms with Crippen LogP contribution in [0, 0.1) is 17.7 Å². The summed E-state index contributed by atoms with van der Waals surface area (Å²) in [7, 11) is 1.70. The Morgan fingerprint density at radius 2 is 1.71 bits per heavy atom. The highest BCUT2D eigenvalue weighted by Gasteiger charge is 2.28. The van der Waals surface area contributed by atoms with Crippen molar-refractivity contribution in [2.45, 2.75) is 64.3 Å². The predicted molar refractivity (Wildman–Crippen MR) is 183 cm³/mol. The lowest BCUT2D eigenvalue weighted by Gasteiger charge is -2.32. The third kappa shape index (κ3) is 8.30. The second-order valence-electron chi connectivity index (χ2n) is 12.2. The number of hydrogen-bond donors (Lipinski definition) is 0. The summed E-state index contributed by atoms with van der Waals surface area (Å²) < 4.78 is 13.7. The second kappa shape index (κ2) is 15.7. The van der Waals surface area contributed by atoms with Crippen molar-refractivity contribution in [1.82, 2.24) is 4.90 Å². The van der Waals surface area contributed by atoms with Gasteiger partial charge < -0.3 is 4.90 Å². The van der Waals surface area contributed by atoms with E-state index >= 15 is 0 Å². The Morgan fingerprint density at radius 3 is 2.40 bits per heavy atom. The number of likely N-dealkylation sites (tertiary alicyclic amines) is 1. The zero-order valence-electron chi connectivity index (χ0n) is 26.7. The summed E-state index contributed by atoms with van der Waals surface area (Å²) >= 11 is 0. The van der Waals surface area contributed by atoms with Crippen molar-refractivity contribution < 1.29 is 9.18 Å². The molecule has 3 aromatic carbocycles. The number of rotatable bonds is 12. The number of dihydropyridines is 1. The summed E-state index contributed by atoms with van der Waals surface area (Å²) in [5.74, 6) is 0.764. The molecule has 1 fully saturated rings. The summed E-state index contributed by atoms with van der Waals surface area (Å²) in [6.45, 7) is 7.71. The van der Waals surface area contributed by atoms with Gasteiger partial charge in [-0.15, -0.1) is 0 Å². The van der Waals surface area contributed by atoms with Crippen LogP contribution in [0.4, 0.5) is 10.1 Å². The minimum Gasteiger partial charge on any atom is -0.343 e. The minimum absolute atomic E-state index is 0.0592. The van der Waals surface area contributed by atoms with Gasteiger partial charge >= 0.3 is 0 Å². The average Bonchev–Trinajstić information content (AvgIpc) is 3.08. The second-order valence-corrected chi connectivity index (χ2v) is 12.2. The van der Waals surface area contributed by atoms with Crippen molar-refractivity contribution in [3.8, 4) is 0 Å². The molecule has 2 aliphatic heterocycles. The Hall–Kier alpha value is -4.19. The van der Waals surface area contributed by atoms with Gasteiger partial charge in [0, 0.05) is 38.2 Å². The summed E-state index contributed by atoms with van der Waals surface area (Å²) in [6, 6.07) is 23.3. The van der Waals surface area contributed by atoms with Crippen molar-refractivity contribution in [3.05, 3.63) is 114 Å². The van der Waals surface area contributed by atoms with Crippen LogP contribution >= 0.6 is 0 Å². The molecule has 5 rings (SSSR count). The lowest BCUT2D eigenvalue weighted by Crippen LogP contribution is -2.38. The Kier molecular flexibility index (Phi) is 11.2. The molecule has 0 spiro atoms. The van der Waals surface area contributed by atoms with Crippen LogP contribution in [-0.2, 0) is 11.2 Å². The molecule has 2 atom stereocenters. The fourth-order valence-electron chi connectivity index (χ4n) is 6.64. The van der Waals surface area contributed by atoms with Crippen LogP contribution in [-0.4, -0.2) is 42.7 Å². The molecule has 45 heavy (non-hydrogen) atoms. The quantitative estimate of drug-likeness (QED) is 0.190. The first-order chi connectivity index (χ1) is 22.0. The number of aliphatic imine (C=N–C) groups is 1. The molecule has 0 bridgehead atoms. The van der Waals surface area contributed by atoms with E-state index in [2.05, 4.69) is 71.1 Å². The van der Waals surface area contributed by atoms with E-state index in [0.29, 0.717) is 12.3 Å². The predicted octanol–water partition coefficient (Wildman–Crippen LogP) is 9.50. The molecule has 2 heterocycles. The molecule has 2 aliphatic rings. The van der Waals surface area contributed by atoms with Crippen LogP contribution in [0.15, 0.2) is 101 Å². The van der Waals surface area contributed by atoms with Crippen LogP contribution in [0.2, 0.25) is 0 Å². The van der Waals surface area contributed by atoms with E-state index in [1.54, 1.807) is 7.05 Å². The van der Waals surface area contributed by atoms with Gasteiger partial charge in [-0.3, -0.25) is 9.79 Å². The number of aryl methyl sites for hydroxylation is 1. The van der Waals surface area contributed by atoms with Crippen molar-refractivity contribution in [1.29, 1.82) is 0 Å². The van der Waals surface area contributed by atoms with Crippen molar-refractivity contribution in [3.63, 3.8) is 0 Å². The topological polar surface area (TPSA) is 57.4 Å². The van der Waals surface area contributed by atoms with Gasteiger partial charge in [0.15, 0.2) is 0 Å². The monoisotopic (exact) mass is 604 g/mol. The summed E-state index contributed by atoms with van der Waals surface area (Å²) in [5.41, 5.74) is 7.60. The number of azo groups is 1. The Morgan fingerprint density at radius 1 is 1.00 bits per heavy atom. The summed E-state index contributed by atoms with van der Waals surface area (Å²) in [6.07, 6.45) is 11.4. The average molecular weight is 605 g/mol. The SMILES string of the molecule is C=Cc1ccc(C2=CC(CC)C(c3ccc(F)cc3)=NC2CCCC(=O)N2CCC(CCc3ccccc3N=NC)CC2)cc1. The molecular weight excluding hydrogens is 559 g/mol. The standard InChI is InChI=1S/C39H45FN4O/c1-4-28-13-16-31(17-14-28)35-27-30(5-2)39(33-19-21-34(40)22-20-33)42-37(35)11-8-12-38(45)44-25-23-29(24-26-44)15-18-32-9-6-7-10-36(32)43-41-3/h4,6-7,9-10,13-14,16-17,19-22,27,29-30,37H,1,5,8,11-12,15,18,23-26H2,2-3H3. The van der Waals surface area contributed by atoms with Gasteiger partial charge in [0.2, 0.25) is 5.91 Å². The van der Waals surface area contributed by atoms with E-state index < -0.39 is 0 Å². The number of nitrogens with zero attached hydrogens (tertiary/aromatic N) is 4. The Balaban J connectivity index is 1.19. The van der Waals surface area contributed by atoms with Gasteiger partial charge in [-0.1, -0.05) is 80.3 Å². The van der Waals surface area contributed by atoms with E-state index in [1.807, 2.05) is 30.3 Å². The number of carbonyl (C=O) groups excluding carboxylic acids is 1. The van der Waals surface area contributed by atoms with Crippen LogP contribution in [0.3, 0.4) is 0 Å². The molecule has 0 N–H and O–H groups in total. The number of halogens is 1. The first-order valence-electron chi connectivity index (χ1n) is 16.4. The van der Waals surface area contributed by atoms with Crippen LogP contribution < -0.4 is 0 Å². The first-order valence-corrected chi connectivity index (χ1v) is 16.4. The largest absolute Gasteiger partial charge is 0.343 e. The molecule has 0 saturated carbocycles. The maximum atomic E-state index is 13.7. The van der Waals surface area contributed by atoms with Gasteiger partial charge in [-0.05, 0) is 96.9 Å². The molecule has 234 valence electrons. The van der Waals surface area contributed by atoms with Gasteiger partial charge in [0.1, 0.15) is 5.82 Å². The van der Waals surface area contributed by atoms with Gasteiger partial charge in [0.25, 0.3) is 0 Å². The fourth-order valence-corrected chi connectivity index (χ4v) is 6.64. The lowest BCUT2D eigenvalue weighted by molar-refractivity contribution is -0.132.